The highest BCUT2D eigenvalue weighted by Gasteiger charge is 2.27. The summed E-state index contributed by atoms with van der Waals surface area (Å²) >= 11 is 11.7. The van der Waals surface area contributed by atoms with Gasteiger partial charge in [-0.25, -0.2) is 4.98 Å². The Hall–Kier alpha value is -1.07. The molecule has 0 amide bonds. The average molecular weight is 304 g/mol. The van der Waals surface area contributed by atoms with Gasteiger partial charge in [-0.05, 0) is 19.8 Å². The molecular formula is C12H15Cl2N3O2. The van der Waals surface area contributed by atoms with E-state index in [9.17, 15) is 4.79 Å². The summed E-state index contributed by atoms with van der Waals surface area (Å²) in [5.41, 5.74) is 0. The van der Waals surface area contributed by atoms with Gasteiger partial charge in [0.1, 0.15) is 0 Å². The molecule has 0 N–H and O–H groups in total. The zero-order chi connectivity index (χ0) is 13.8. The second kappa shape index (κ2) is 6.39. The summed E-state index contributed by atoms with van der Waals surface area (Å²) in [4.78, 5) is 21.9. The monoisotopic (exact) mass is 303 g/mol. The number of piperidine rings is 1. The number of rotatable bonds is 3. The van der Waals surface area contributed by atoms with Crippen molar-refractivity contribution in [2.75, 3.05) is 24.6 Å². The van der Waals surface area contributed by atoms with Gasteiger partial charge in [-0.1, -0.05) is 23.2 Å². The standard InChI is InChI=1S/C12H15Cl2N3O2/c1-2-19-11(18)8-3-5-17(6-4-8)12-15-7-9(13)10(14)16-12/h7-8H,2-6H2,1H3. The fourth-order valence-corrected chi connectivity index (χ4v) is 2.28. The number of hydrogen-bond donors (Lipinski definition) is 0. The minimum atomic E-state index is -0.114. The molecule has 5 nitrogen and oxygen atoms in total. The van der Waals surface area contributed by atoms with Crippen molar-refractivity contribution in [2.24, 2.45) is 5.92 Å². The summed E-state index contributed by atoms with van der Waals surface area (Å²) in [6, 6.07) is 0. The van der Waals surface area contributed by atoms with Crippen molar-refractivity contribution >= 4 is 35.1 Å². The number of esters is 1. The Morgan fingerprint density at radius 2 is 2.16 bits per heavy atom. The van der Waals surface area contributed by atoms with E-state index < -0.39 is 0 Å². The van der Waals surface area contributed by atoms with Gasteiger partial charge in [-0.2, -0.15) is 4.98 Å². The Bertz CT molecular complexity index is 462. The lowest BCUT2D eigenvalue weighted by atomic mass is 9.97. The summed E-state index contributed by atoms with van der Waals surface area (Å²) in [5, 5.41) is 0.589. The summed E-state index contributed by atoms with van der Waals surface area (Å²) < 4.78 is 5.03. The Morgan fingerprint density at radius 1 is 1.47 bits per heavy atom. The smallest absolute Gasteiger partial charge is 0.309 e. The minimum absolute atomic E-state index is 0.0287. The van der Waals surface area contributed by atoms with Crippen molar-refractivity contribution in [2.45, 2.75) is 19.8 Å². The van der Waals surface area contributed by atoms with E-state index in [4.69, 9.17) is 27.9 Å². The molecular weight excluding hydrogens is 289 g/mol. The maximum Gasteiger partial charge on any atom is 0.309 e. The van der Waals surface area contributed by atoms with E-state index in [-0.39, 0.29) is 17.0 Å². The Labute approximate surface area is 121 Å². The first-order valence-corrected chi connectivity index (χ1v) is 6.97. The lowest BCUT2D eigenvalue weighted by molar-refractivity contribution is -0.148. The van der Waals surface area contributed by atoms with Crippen LogP contribution in [-0.2, 0) is 9.53 Å². The predicted octanol–water partition coefficient (Wildman–Crippen LogP) is 2.56. The van der Waals surface area contributed by atoms with E-state index in [2.05, 4.69) is 9.97 Å². The summed E-state index contributed by atoms with van der Waals surface area (Å²) in [5.74, 6) is 0.410. The molecule has 0 atom stereocenters. The summed E-state index contributed by atoms with van der Waals surface area (Å²) in [6.07, 6.45) is 2.97. The third-order valence-corrected chi connectivity index (χ3v) is 3.75. The number of halogens is 2. The fourth-order valence-electron chi connectivity index (χ4n) is 2.07. The van der Waals surface area contributed by atoms with Gasteiger partial charge in [0.2, 0.25) is 5.95 Å². The first-order chi connectivity index (χ1) is 9.11. The van der Waals surface area contributed by atoms with Crippen LogP contribution < -0.4 is 4.90 Å². The molecule has 1 aliphatic rings. The molecule has 0 bridgehead atoms. The van der Waals surface area contributed by atoms with Gasteiger partial charge < -0.3 is 9.64 Å². The molecule has 0 radical (unpaired) electrons. The van der Waals surface area contributed by atoms with Crippen molar-refractivity contribution in [1.29, 1.82) is 0 Å². The van der Waals surface area contributed by atoms with E-state index >= 15 is 0 Å². The van der Waals surface area contributed by atoms with E-state index in [0.29, 0.717) is 30.7 Å². The van der Waals surface area contributed by atoms with Crippen LogP contribution in [0, 0.1) is 5.92 Å². The number of carbonyl (C=O) groups is 1. The molecule has 2 rings (SSSR count). The van der Waals surface area contributed by atoms with Crippen LogP contribution in [0.25, 0.3) is 0 Å². The minimum Gasteiger partial charge on any atom is -0.466 e. The maximum atomic E-state index is 11.6. The lowest BCUT2D eigenvalue weighted by Gasteiger charge is -2.30. The number of ether oxygens (including phenoxy) is 1. The Balaban J connectivity index is 1.96. The molecule has 0 aliphatic carbocycles. The van der Waals surface area contributed by atoms with Gasteiger partial charge in [0.05, 0.1) is 23.7 Å². The predicted molar refractivity (Wildman–Crippen MR) is 73.6 cm³/mol. The van der Waals surface area contributed by atoms with Crippen LogP contribution in [-0.4, -0.2) is 35.6 Å². The lowest BCUT2D eigenvalue weighted by Crippen LogP contribution is -2.37. The quantitative estimate of drug-likeness (QED) is 0.634. The van der Waals surface area contributed by atoms with Crippen molar-refractivity contribution in [1.82, 2.24) is 9.97 Å². The first kappa shape index (κ1) is 14.3. The SMILES string of the molecule is CCOC(=O)C1CCN(c2ncc(Cl)c(Cl)n2)CC1. The summed E-state index contributed by atoms with van der Waals surface area (Å²) in [6.45, 7) is 3.66. The molecule has 0 saturated carbocycles. The van der Waals surface area contributed by atoms with Gasteiger partial charge in [-0.15, -0.1) is 0 Å². The van der Waals surface area contributed by atoms with Crippen LogP contribution in [0.1, 0.15) is 19.8 Å². The average Bonchev–Trinajstić information content (AvgIpc) is 2.42. The molecule has 7 heteroatoms. The van der Waals surface area contributed by atoms with Crippen molar-refractivity contribution in [3.05, 3.63) is 16.4 Å². The fraction of sp³-hybridized carbons (Fsp3) is 0.583. The third kappa shape index (κ3) is 3.48. The van der Waals surface area contributed by atoms with Crippen LogP contribution in [0.5, 0.6) is 0 Å². The maximum absolute atomic E-state index is 11.6. The number of nitrogens with zero attached hydrogens (tertiary/aromatic N) is 3. The van der Waals surface area contributed by atoms with Gasteiger partial charge >= 0.3 is 5.97 Å². The molecule has 1 aliphatic heterocycles. The summed E-state index contributed by atoms with van der Waals surface area (Å²) in [7, 11) is 0. The van der Waals surface area contributed by atoms with Gasteiger partial charge in [0.25, 0.3) is 0 Å². The zero-order valence-electron chi connectivity index (χ0n) is 10.6. The third-order valence-electron chi connectivity index (χ3n) is 3.09. The molecule has 2 heterocycles. The zero-order valence-corrected chi connectivity index (χ0v) is 12.1. The Kier molecular flexibility index (Phi) is 4.82. The molecule has 1 saturated heterocycles. The number of hydrogen-bond acceptors (Lipinski definition) is 5. The van der Waals surface area contributed by atoms with Gasteiger partial charge in [0, 0.05) is 13.1 Å². The molecule has 0 aromatic carbocycles. The van der Waals surface area contributed by atoms with E-state index in [1.165, 1.54) is 6.20 Å². The van der Waals surface area contributed by atoms with Crippen LogP contribution >= 0.6 is 23.2 Å². The van der Waals surface area contributed by atoms with E-state index in [0.717, 1.165) is 12.8 Å². The van der Waals surface area contributed by atoms with Crippen LogP contribution in [0.2, 0.25) is 10.2 Å². The van der Waals surface area contributed by atoms with E-state index in [1.807, 2.05) is 11.8 Å². The van der Waals surface area contributed by atoms with Crippen LogP contribution in [0.15, 0.2) is 6.20 Å². The molecule has 1 fully saturated rings. The van der Waals surface area contributed by atoms with Gasteiger partial charge in [-0.3, -0.25) is 4.79 Å². The molecule has 19 heavy (non-hydrogen) atoms. The molecule has 1 aromatic heterocycles. The van der Waals surface area contributed by atoms with Crippen LogP contribution in [0.4, 0.5) is 5.95 Å². The Morgan fingerprint density at radius 3 is 2.74 bits per heavy atom. The van der Waals surface area contributed by atoms with Crippen molar-refractivity contribution in [3.63, 3.8) is 0 Å². The largest absolute Gasteiger partial charge is 0.466 e. The highest BCUT2D eigenvalue weighted by molar-refractivity contribution is 6.41. The molecule has 0 unspecified atom stereocenters. The number of anilines is 1. The van der Waals surface area contributed by atoms with Crippen LogP contribution in [0.3, 0.4) is 0 Å². The first-order valence-electron chi connectivity index (χ1n) is 6.21. The van der Waals surface area contributed by atoms with Crippen molar-refractivity contribution in [3.8, 4) is 0 Å². The molecule has 1 aromatic rings. The second-order valence-electron chi connectivity index (χ2n) is 4.32. The van der Waals surface area contributed by atoms with E-state index in [1.54, 1.807) is 0 Å². The topological polar surface area (TPSA) is 55.3 Å². The van der Waals surface area contributed by atoms with Crippen molar-refractivity contribution < 1.29 is 9.53 Å². The molecule has 104 valence electrons. The number of carbonyl (C=O) groups excluding carboxylic acids is 1. The normalized spacial score (nSPS) is 16.5. The number of aromatic nitrogens is 2. The highest BCUT2D eigenvalue weighted by atomic mass is 35.5. The van der Waals surface area contributed by atoms with Gasteiger partial charge in [0.15, 0.2) is 5.15 Å². The highest BCUT2D eigenvalue weighted by Crippen LogP contribution is 2.25. The second-order valence-corrected chi connectivity index (χ2v) is 5.09. The molecule has 0 spiro atoms.